The average Bonchev–Trinajstić information content (AvgIpc) is 3.63. The van der Waals surface area contributed by atoms with Crippen molar-refractivity contribution in [3.8, 4) is 22.5 Å². The number of para-hydroxylation sites is 1. The predicted molar refractivity (Wildman–Crippen MR) is 201 cm³/mol. The molecule has 1 aliphatic carbocycles. The van der Waals surface area contributed by atoms with Crippen LogP contribution in [0.25, 0.3) is 71.9 Å². The third kappa shape index (κ3) is 3.89. The first-order valence-corrected chi connectivity index (χ1v) is 17.0. The minimum absolute atomic E-state index is 0.290. The maximum Gasteiger partial charge on any atom is 0.0721 e. The maximum absolute atomic E-state index is 4.85. The molecule has 0 fully saturated rings. The number of nitrogens with zero attached hydrogens (tertiary/aromatic N) is 4. The second-order valence-corrected chi connectivity index (χ2v) is 13.5. The highest BCUT2D eigenvalue weighted by Crippen LogP contribution is 2.42. The number of allylic oxidation sites excluding steroid dienone is 1. The number of hydrogen-bond donors (Lipinski definition) is 0. The van der Waals surface area contributed by atoms with Crippen LogP contribution < -0.4 is 0 Å². The van der Waals surface area contributed by atoms with Crippen LogP contribution in [0.2, 0.25) is 0 Å². The predicted octanol–water partition coefficient (Wildman–Crippen LogP) is 10.5. The molecule has 230 valence electrons. The Bertz CT molecular complexity index is 2480. The van der Waals surface area contributed by atoms with Crippen molar-refractivity contribution in [3.63, 3.8) is 0 Å². The molecular formula is C44H34N4. The fourth-order valence-electron chi connectivity index (χ4n) is 8.43. The topological polar surface area (TPSA) is 35.1 Å². The van der Waals surface area contributed by atoms with Crippen LogP contribution in [0.3, 0.4) is 0 Å². The molecule has 3 aromatic heterocycles. The largest absolute Gasteiger partial charge is 0.307 e. The second kappa shape index (κ2) is 10.4. The molecule has 4 nitrogen and oxygen atoms in total. The van der Waals surface area contributed by atoms with Crippen molar-refractivity contribution >= 4 is 55.6 Å². The second-order valence-electron chi connectivity index (χ2n) is 13.5. The Kier molecular flexibility index (Phi) is 5.92. The molecule has 8 aromatic rings. The van der Waals surface area contributed by atoms with E-state index in [1.165, 1.54) is 82.9 Å². The van der Waals surface area contributed by atoms with Gasteiger partial charge in [-0.2, -0.15) is 0 Å². The number of fused-ring (bicyclic) bond motifs is 8. The zero-order valence-electron chi connectivity index (χ0n) is 27.1. The highest BCUT2D eigenvalue weighted by atomic mass is 15.0. The lowest BCUT2D eigenvalue weighted by Gasteiger charge is -2.20. The van der Waals surface area contributed by atoms with Gasteiger partial charge in [-0.15, -0.1) is 0 Å². The van der Waals surface area contributed by atoms with E-state index >= 15 is 0 Å². The van der Waals surface area contributed by atoms with Crippen molar-refractivity contribution < 1.29 is 0 Å². The van der Waals surface area contributed by atoms with Gasteiger partial charge >= 0.3 is 0 Å². The number of rotatable bonds is 3. The van der Waals surface area contributed by atoms with Crippen molar-refractivity contribution in [2.24, 2.45) is 10.9 Å². The van der Waals surface area contributed by atoms with Crippen LogP contribution in [-0.2, 0) is 12.8 Å². The summed E-state index contributed by atoms with van der Waals surface area (Å²) >= 11 is 0. The smallest absolute Gasteiger partial charge is 0.0721 e. The number of pyridine rings is 1. The SMILES string of the molecule is CC1C=Cc2c(c3ccncc3n2-c2ccc(-c3ccc(-n4c5c(c6ccccc64)CC(C)N=C5)c4ccccc34)c3ccccc23)C1. The Morgan fingerprint density at radius 2 is 1.15 bits per heavy atom. The van der Waals surface area contributed by atoms with Gasteiger partial charge in [0.2, 0.25) is 0 Å². The summed E-state index contributed by atoms with van der Waals surface area (Å²) in [5.41, 5.74) is 12.5. The number of aromatic nitrogens is 3. The van der Waals surface area contributed by atoms with E-state index < -0.39 is 0 Å². The molecule has 2 unspecified atom stereocenters. The Labute approximate surface area is 279 Å². The first-order valence-electron chi connectivity index (χ1n) is 17.0. The summed E-state index contributed by atoms with van der Waals surface area (Å²) in [6, 6.07) is 38.3. The van der Waals surface area contributed by atoms with Gasteiger partial charge in [-0.25, -0.2) is 0 Å². The molecule has 48 heavy (non-hydrogen) atoms. The fourth-order valence-corrected chi connectivity index (χ4v) is 8.43. The molecule has 4 heteroatoms. The lowest BCUT2D eigenvalue weighted by Crippen LogP contribution is -2.13. The Morgan fingerprint density at radius 1 is 0.562 bits per heavy atom. The minimum atomic E-state index is 0.290. The molecule has 0 saturated carbocycles. The molecule has 0 N–H and O–H groups in total. The molecule has 10 rings (SSSR count). The van der Waals surface area contributed by atoms with E-state index in [1.54, 1.807) is 0 Å². The highest BCUT2D eigenvalue weighted by molar-refractivity contribution is 6.11. The molecule has 0 radical (unpaired) electrons. The molecule has 0 amide bonds. The molecule has 2 atom stereocenters. The lowest BCUT2D eigenvalue weighted by atomic mass is 9.92. The molecule has 2 aliphatic rings. The summed E-state index contributed by atoms with van der Waals surface area (Å²) in [6.45, 7) is 4.50. The Hall–Kier alpha value is -5.74. The van der Waals surface area contributed by atoms with Crippen LogP contribution in [0.5, 0.6) is 0 Å². The average molecular weight is 619 g/mol. The summed E-state index contributed by atoms with van der Waals surface area (Å²) in [6.07, 6.45) is 12.7. The van der Waals surface area contributed by atoms with Gasteiger partial charge in [0.05, 0.1) is 40.3 Å². The van der Waals surface area contributed by atoms with Gasteiger partial charge in [0, 0.05) is 39.7 Å². The zero-order valence-corrected chi connectivity index (χ0v) is 27.1. The molecule has 0 bridgehead atoms. The maximum atomic E-state index is 4.85. The van der Waals surface area contributed by atoms with Crippen LogP contribution >= 0.6 is 0 Å². The Balaban J connectivity index is 1.21. The van der Waals surface area contributed by atoms with Gasteiger partial charge in [0.1, 0.15) is 0 Å². The van der Waals surface area contributed by atoms with E-state index in [4.69, 9.17) is 4.99 Å². The van der Waals surface area contributed by atoms with E-state index in [2.05, 4.69) is 149 Å². The van der Waals surface area contributed by atoms with Gasteiger partial charge in [-0.1, -0.05) is 91.9 Å². The van der Waals surface area contributed by atoms with Crippen molar-refractivity contribution in [1.29, 1.82) is 0 Å². The summed E-state index contributed by atoms with van der Waals surface area (Å²) in [5.74, 6) is 0.519. The Morgan fingerprint density at radius 3 is 1.85 bits per heavy atom. The normalized spacial score (nSPS) is 17.0. The monoisotopic (exact) mass is 618 g/mol. The van der Waals surface area contributed by atoms with E-state index in [-0.39, 0.29) is 6.04 Å². The van der Waals surface area contributed by atoms with Gasteiger partial charge in [0.25, 0.3) is 0 Å². The van der Waals surface area contributed by atoms with E-state index in [1.807, 2.05) is 12.4 Å². The molecule has 1 aliphatic heterocycles. The molecule has 0 spiro atoms. The van der Waals surface area contributed by atoms with E-state index in [0.717, 1.165) is 18.4 Å². The molecular weight excluding hydrogens is 585 g/mol. The standard InChI is InChI=1S/C44H34N4/c1-27-15-18-42-37(23-27)36-21-22-45-25-43(36)48(42)41-20-17-32(30-10-4-6-12-34(30)41)31-16-19-40(33-11-5-3-9-29(31)33)47-39-14-8-7-13-35(39)38-24-28(2)46-26-44(38)47/h3-22,25-28H,23-24H2,1-2H3. The summed E-state index contributed by atoms with van der Waals surface area (Å²) in [4.78, 5) is 9.42. The van der Waals surface area contributed by atoms with Crippen LogP contribution in [0.4, 0.5) is 0 Å². The van der Waals surface area contributed by atoms with Gasteiger partial charge < -0.3 is 9.13 Å². The zero-order chi connectivity index (χ0) is 31.9. The number of benzene rings is 5. The number of aliphatic imine (C=N–C) groups is 1. The van der Waals surface area contributed by atoms with Crippen LogP contribution in [-0.4, -0.2) is 26.4 Å². The first-order chi connectivity index (χ1) is 23.7. The molecule has 4 heterocycles. The van der Waals surface area contributed by atoms with Gasteiger partial charge in [-0.3, -0.25) is 9.98 Å². The van der Waals surface area contributed by atoms with Crippen molar-refractivity contribution in [2.75, 3.05) is 0 Å². The molecule has 5 aromatic carbocycles. The van der Waals surface area contributed by atoms with Crippen LogP contribution in [0.1, 0.15) is 36.4 Å². The van der Waals surface area contributed by atoms with Crippen molar-refractivity contribution in [2.45, 2.75) is 32.7 Å². The van der Waals surface area contributed by atoms with Crippen LogP contribution in [0.15, 0.2) is 127 Å². The fraction of sp³-hybridized carbons (Fsp3) is 0.136. The van der Waals surface area contributed by atoms with E-state index in [9.17, 15) is 0 Å². The number of hydrogen-bond acceptors (Lipinski definition) is 2. The van der Waals surface area contributed by atoms with Gasteiger partial charge in [-0.05, 0) is 89.1 Å². The van der Waals surface area contributed by atoms with Crippen molar-refractivity contribution in [3.05, 3.63) is 144 Å². The van der Waals surface area contributed by atoms with Gasteiger partial charge in [0.15, 0.2) is 0 Å². The highest BCUT2D eigenvalue weighted by Gasteiger charge is 2.25. The van der Waals surface area contributed by atoms with Crippen LogP contribution in [0, 0.1) is 5.92 Å². The minimum Gasteiger partial charge on any atom is -0.307 e. The van der Waals surface area contributed by atoms with Crippen molar-refractivity contribution in [1.82, 2.24) is 14.1 Å². The molecule has 0 saturated heterocycles. The third-order valence-electron chi connectivity index (χ3n) is 10.6. The lowest BCUT2D eigenvalue weighted by molar-refractivity contribution is 0.718. The van der Waals surface area contributed by atoms with E-state index in [0.29, 0.717) is 5.92 Å². The summed E-state index contributed by atoms with van der Waals surface area (Å²) < 4.78 is 4.85. The first kappa shape index (κ1) is 27.4. The quantitative estimate of drug-likeness (QED) is 0.194. The summed E-state index contributed by atoms with van der Waals surface area (Å²) in [7, 11) is 0. The summed E-state index contributed by atoms with van der Waals surface area (Å²) in [5, 5.41) is 7.56. The third-order valence-corrected chi connectivity index (χ3v) is 10.6.